The van der Waals surface area contributed by atoms with Gasteiger partial charge in [0, 0.05) is 24.1 Å². The van der Waals surface area contributed by atoms with E-state index >= 15 is 0 Å². The van der Waals surface area contributed by atoms with Gasteiger partial charge in [-0.2, -0.15) is 4.98 Å². The fourth-order valence-electron chi connectivity index (χ4n) is 2.44. The van der Waals surface area contributed by atoms with Crippen LogP contribution in [0.15, 0.2) is 23.1 Å². The average molecular weight is 301 g/mol. The van der Waals surface area contributed by atoms with Crippen molar-refractivity contribution in [2.75, 3.05) is 19.8 Å². The maximum atomic E-state index is 5.61. The fourth-order valence-corrected chi connectivity index (χ4v) is 2.44. The lowest BCUT2D eigenvalue weighted by Gasteiger charge is -2.05. The summed E-state index contributed by atoms with van der Waals surface area (Å²) in [5.41, 5.74) is 1.46. The molecular weight excluding hydrogens is 286 g/mol. The van der Waals surface area contributed by atoms with Crippen molar-refractivity contribution in [1.29, 1.82) is 0 Å². The van der Waals surface area contributed by atoms with Gasteiger partial charge < -0.3 is 19.0 Å². The highest BCUT2D eigenvalue weighted by Gasteiger charge is 2.17. The highest BCUT2D eigenvalue weighted by atomic mass is 16.5. The maximum Gasteiger partial charge on any atom is 0.274 e. The molecule has 8 nitrogen and oxygen atoms in total. The van der Waals surface area contributed by atoms with Gasteiger partial charge in [-0.05, 0) is 12.5 Å². The van der Waals surface area contributed by atoms with Crippen molar-refractivity contribution >= 4 is 11.0 Å². The molecule has 4 rings (SSSR count). The van der Waals surface area contributed by atoms with Crippen molar-refractivity contribution in [2.45, 2.75) is 13.0 Å². The predicted octanol–water partition coefficient (Wildman–Crippen LogP) is 1.56. The van der Waals surface area contributed by atoms with E-state index < -0.39 is 0 Å². The summed E-state index contributed by atoms with van der Waals surface area (Å²) in [6, 6.07) is 1.88. The first-order valence-corrected chi connectivity index (χ1v) is 7.15. The first-order valence-electron chi connectivity index (χ1n) is 7.15. The largest absolute Gasteiger partial charge is 0.381 e. The Morgan fingerprint density at radius 1 is 1.41 bits per heavy atom. The Morgan fingerprint density at radius 3 is 3.27 bits per heavy atom. The second-order valence-corrected chi connectivity index (χ2v) is 5.27. The molecule has 1 fully saturated rings. The number of hydrogen-bond donors (Lipinski definition) is 1. The van der Waals surface area contributed by atoms with Gasteiger partial charge in [0.25, 0.3) is 5.89 Å². The van der Waals surface area contributed by atoms with E-state index in [4.69, 9.17) is 14.0 Å². The van der Waals surface area contributed by atoms with Gasteiger partial charge in [0.2, 0.25) is 0 Å². The van der Waals surface area contributed by atoms with E-state index in [0.717, 1.165) is 36.4 Å². The molecule has 4 heterocycles. The van der Waals surface area contributed by atoms with Crippen LogP contribution in [0.4, 0.5) is 0 Å². The number of ether oxygens (including phenoxy) is 2. The molecule has 1 aliphatic rings. The minimum absolute atomic E-state index is 0.333. The second-order valence-electron chi connectivity index (χ2n) is 5.27. The number of H-pyrrole nitrogens is 1. The molecule has 1 saturated heterocycles. The molecule has 1 unspecified atom stereocenters. The number of fused-ring (bicyclic) bond motifs is 1. The summed E-state index contributed by atoms with van der Waals surface area (Å²) in [6.45, 7) is 2.59. The lowest BCUT2D eigenvalue weighted by molar-refractivity contribution is 0.0742. The molecule has 0 radical (unpaired) electrons. The molecular formula is C14H15N5O3. The summed E-state index contributed by atoms with van der Waals surface area (Å²) in [7, 11) is 0. The Hall–Kier alpha value is -2.32. The summed E-state index contributed by atoms with van der Waals surface area (Å²) in [6.07, 6.45) is 4.27. The SMILES string of the molecule is c1ncc2cc(-c3nc(COCC4CCOC4)no3)[nH]c2n1. The fraction of sp³-hybridized carbons (Fsp3) is 0.429. The van der Waals surface area contributed by atoms with Crippen LogP contribution in [0.3, 0.4) is 0 Å². The molecule has 0 amide bonds. The van der Waals surface area contributed by atoms with Crippen LogP contribution < -0.4 is 0 Å². The highest BCUT2D eigenvalue weighted by Crippen LogP contribution is 2.21. The van der Waals surface area contributed by atoms with Crippen molar-refractivity contribution < 1.29 is 14.0 Å². The minimum Gasteiger partial charge on any atom is -0.381 e. The number of hydrogen-bond acceptors (Lipinski definition) is 7. The quantitative estimate of drug-likeness (QED) is 0.763. The topological polar surface area (TPSA) is 99.0 Å². The molecule has 3 aromatic heterocycles. The molecule has 1 N–H and O–H groups in total. The Balaban J connectivity index is 1.42. The van der Waals surface area contributed by atoms with Crippen LogP contribution in [-0.2, 0) is 16.1 Å². The summed E-state index contributed by atoms with van der Waals surface area (Å²) in [5, 5.41) is 4.83. The molecule has 3 aromatic rings. The van der Waals surface area contributed by atoms with Crippen molar-refractivity contribution in [3.05, 3.63) is 24.4 Å². The summed E-state index contributed by atoms with van der Waals surface area (Å²) in [4.78, 5) is 15.6. The van der Waals surface area contributed by atoms with Crippen molar-refractivity contribution in [1.82, 2.24) is 25.1 Å². The molecule has 0 bridgehead atoms. The van der Waals surface area contributed by atoms with Crippen LogP contribution >= 0.6 is 0 Å². The molecule has 0 aliphatic carbocycles. The molecule has 114 valence electrons. The van der Waals surface area contributed by atoms with Gasteiger partial charge in [0.05, 0.1) is 13.2 Å². The monoisotopic (exact) mass is 301 g/mol. The van der Waals surface area contributed by atoms with Crippen LogP contribution in [-0.4, -0.2) is 44.9 Å². The van der Waals surface area contributed by atoms with Crippen LogP contribution in [0.1, 0.15) is 12.2 Å². The predicted molar refractivity (Wildman–Crippen MR) is 75.8 cm³/mol. The van der Waals surface area contributed by atoms with Gasteiger partial charge in [0.15, 0.2) is 5.82 Å². The number of aromatic amines is 1. The number of rotatable bonds is 5. The van der Waals surface area contributed by atoms with Crippen LogP contribution in [0.25, 0.3) is 22.6 Å². The van der Waals surface area contributed by atoms with E-state index in [0.29, 0.717) is 30.8 Å². The van der Waals surface area contributed by atoms with Gasteiger partial charge in [-0.25, -0.2) is 9.97 Å². The third-order valence-corrected chi connectivity index (χ3v) is 3.60. The summed E-state index contributed by atoms with van der Waals surface area (Å²) >= 11 is 0. The Morgan fingerprint density at radius 2 is 2.41 bits per heavy atom. The van der Waals surface area contributed by atoms with Gasteiger partial charge in [-0.1, -0.05) is 5.16 Å². The van der Waals surface area contributed by atoms with E-state index in [1.165, 1.54) is 6.33 Å². The van der Waals surface area contributed by atoms with E-state index in [9.17, 15) is 0 Å². The van der Waals surface area contributed by atoms with E-state index in [1.807, 2.05) is 6.07 Å². The lowest BCUT2D eigenvalue weighted by Crippen LogP contribution is -2.09. The number of aromatic nitrogens is 5. The Kier molecular flexibility index (Phi) is 3.53. The zero-order valence-corrected chi connectivity index (χ0v) is 11.9. The number of nitrogens with zero attached hydrogens (tertiary/aromatic N) is 4. The first kappa shape index (κ1) is 13.4. The lowest BCUT2D eigenvalue weighted by atomic mass is 10.1. The zero-order valence-electron chi connectivity index (χ0n) is 11.9. The average Bonchev–Trinajstić information content (AvgIpc) is 3.27. The maximum absolute atomic E-state index is 5.61. The first-order chi connectivity index (χ1) is 10.9. The van der Waals surface area contributed by atoms with Crippen LogP contribution in [0, 0.1) is 5.92 Å². The van der Waals surface area contributed by atoms with Gasteiger partial charge in [-0.3, -0.25) is 0 Å². The summed E-state index contributed by atoms with van der Waals surface area (Å²) < 4.78 is 16.2. The Labute approximate surface area is 125 Å². The van der Waals surface area contributed by atoms with E-state index in [2.05, 4.69) is 25.1 Å². The molecule has 1 atom stereocenters. The van der Waals surface area contributed by atoms with Crippen molar-refractivity contribution in [2.24, 2.45) is 5.92 Å². The smallest absolute Gasteiger partial charge is 0.274 e. The zero-order chi connectivity index (χ0) is 14.8. The minimum atomic E-state index is 0.333. The third-order valence-electron chi connectivity index (χ3n) is 3.60. The molecule has 0 aromatic carbocycles. The second kappa shape index (κ2) is 5.82. The normalized spacial score (nSPS) is 18.3. The van der Waals surface area contributed by atoms with Gasteiger partial charge >= 0.3 is 0 Å². The molecule has 0 spiro atoms. The number of nitrogens with one attached hydrogen (secondary N) is 1. The third kappa shape index (κ3) is 2.70. The van der Waals surface area contributed by atoms with E-state index in [-0.39, 0.29) is 0 Å². The van der Waals surface area contributed by atoms with Crippen LogP contribution in [0.5, 0.6) is 0 Å². The van der Waals surface area contributed by atoms with Crippen molar-refractivity contribution in [3.8, 4) is 11.6 Å². The van der Waals surface area contributed by atoms with Crippen LogP contribution in [0.2, 0.25) is 0 Å². The van der Waals surface area contributed by atoms with Gasteiger partial charge in [-0.15, -0.1) is 0 Å². The van der Waals surface area contributed by atoms with Gasteiger partial charge in [0.1, 0.15) is 24.3 Å². The Bertz CT molecular complexity index is 730. The van der Waals surface area contributed by atoms with E-state index in [1.54, 1.807) is 6.20 Å². The molecule has 0 saturated carbocycles. The molecule has 8 heteroatoms. The molecule has 1 aliphatic heterocycles. The summed E-state index contributed by atoms with van der Waals surface area (Å²) in [5.74, 6) is 1.41. The van der Waals surface area contributed by atoms with Crippen molar-refractivity contribution in [3.63, 3.8) is 0 Å². The standard InChI is InChI=1S/C14H15N5O3/c1-2-20-5-9(1)6-21-7-12-18-14(22-19-12)11-3-10-4-15-8-16-13(10)17-11/h3-4,8-9H,1-2,5-7H2,(H,15,16,17). The molecule has 22 heavy (non-hydrogen) atoms. The highest BCUT2D eigenvalue weighted by molar-refractivity contribution is 5.80.